The van der Waals surface area contributed by atoms with Crippen molar-refractivity contribution in [3.05, 3.63) is 53.7 Å². The van der Waals surface area contributed by atoms with E-state index in [1.165, 1.54) is 9.54 Å². The van der Waals surface area contributed by atoms with Crippen molar-refractivity contribution in [2.75, 3.05) is 6.54 Å². The van der Waals surface area contributed by atoms with Gasteiger partial charge in [0.1, 0.15) is 12.5 Å². The van der Waals surface area contributed by atoms with Crippen LogP contribution in [-0.4, -0.2) is 48.7 Å². The normalized spacial score (nSPS) is 27.0. The predicted octanol–water partition coefficient (Wildman–Crippen LogP) is 2.48. The quantitative estimate of drug-likeness (QED) is 0.460. The Morgan fingerprint density at radius 1 is 1.31 bits per heavy atom. The number of halogens is 2. The van der Waals surface area contributed by atoms with Crippen LogP contribution in [-0.2, 0) is 11.4 Å². The zero-order valence-electron chi connectivity index (χ0n) is 14.1. The van der Waals surface area contributed by atoms with E-state index in [2.05, 4.69) is 4.98 Å². The minimum absolute atomic E-state index is 0.294. The number of rotatable bonds is 5. The van der Waals surface area contributed by atoms with Crippen molar-refractivity contribution in [1.82, 2.24) is 14.5 Å². The van der Waals surface area contributed by atoms with Crippen LogP contribution in [0.4, 0.5) is 0 Å². The molecule has 3 unspecified atom stereocenters. The molecule has 3 atom stereocenters. The van der Waals surface area contributed by atoms with E-state index in [9.17, 15) is 15.0 Å². The third-order valence-electron chi connectivity index (χ3n) is 4.67. The molecule has 1 aliphatic rings. The summed E-state index contributed by atoms with van der Waals surface area (Å²) in [6.45, 7) is 1.86. The summed E-state index contributed by atoms with van der Waals surface area (Å²) in [4.78, 5) is 14.5. The second kappa shape index (κ2) is 7.60. The van der Waals surface area contributed by atoms with Gasteiger partial charge in [0, 0.05) is 18.3 Å². The van der Waals surface area contributed by atoms with Gasteiger partial charge in [0.25, 0.3) is 0 Å². The summed E-state index contributed by atoms with van der Waals surface area (Å²) in [7, 11) is 0. The molecule has 2 heterocycles. The van der Waals surface area contributed by atoms with Gasteiger partial charge >= 0.3 is 0 Å². The minimum Gasteiger partial charge on any atom is -0.392 e. The molecule has 2 aromatic rings. The Labute approximate surface area is 161 Å². The number of hydrogen-bond acceptors (Lipinski definition) is 6. The van der Waals surface area contributed by atoms with Crippen molar-refractivity contribution >= 4 is 29.7 Å². The summed E-state index contributed by atoms with van der Waals surface area (Å²) in [5.41, 5.74) is 2.50. The van der Waals surface area contributed by atoms with E-state index in [1.807, 2.05) is 18.2 Å². The number of aldehydes is 1. The standard InChI is InChI=1S/C18H19Cl2N3O3/c1-2-22-17(26)18(19,11-25)16(23(22)20)13-7-5-6-12(14(13)10-24)15-8-3-4-9-21-15/h3-9,11,16-17,24,26H,2,10H2,1H3. The van der Waals surface area contributed by atoms with Crippen LogP contribution in [0, 0.1) is 0 Å². The summed E-state index contributed by atoms with van der Waals surface area (Å²) in [5.74, 6) is 0. The highest BCUT2D eigenvalue weighted by Gasteiger charge is 2.58. The first-order valence-electron chi connectivity index (χ1n) is 8.18. The lowest BCUT2D eigenvalue weighted by atomic mass is 9.88. The largest absolute Gasteiger partial charge is 0.392 e. The number of hydrazine groups is 1. The average molecular weight is 396 g/mol. The maximum absolute atomic E-state index is 11.8. The number of pyridine rings is 1. The Balaban J connectivity index is 2.19. The third kappa shape index (κ3) is 2.93. The average Bonchev–Trinajstić information content (AvgIpc) is 2.87. The smallest absolute Gasteiger partial charge is 0.162 e. The van der Waals surface area contributed by atoms with E-state index >= 15 is 0 Å². The number of aliphatic hydroxyl groups excluding tert-OH is 2. The molecule has 0 saturated carbocycles. The van der Waals surface area contributed by atoms with Gasteiger partial charge in [0.05, 0.1) is 18.3 Å². The van der Waals surface area contributed by atoms with E-state index in [4.69, 9.17) is 23.4 Å². The predicted molar refractivity (Wildman–Crippen MR) is 99.1 cm³/mol. The maximum Gasteiger partial charge on any atom is 0.162 e. The molecule has 8 heteroatoms. The summed E-state index contributed by atoms with van der Waals surface area (Å²) < 4.78 is 1.24. The summed E-state index contributed by atoms with van der Waals surface area (Å²) in [5, 5.41) is 22.0. The third-order valence-corrected chi connectivity index (χ3v) is 5.55. The lowest BCUT2D eigenvalue weighted by molar-refractivity contribution is -0.114. The highest BCUT2D eigenvalue weighted by Crippen LogP contribution is 2.49. The van der Waals surface area contributed by atoms with E-state index in [-0.39, 0.29) is 6.61 Å². The van der Waals surface area contributed by atoms with Gasteiger partial charge in [-0.05, 0) is 35.0 Å². The van der Waals surface area contributed by atoms with E-state index < -0.39 is 17.1 Å². The van der Waals surface area contributed by atoms with Crippen molar-refractivity contribution in [2.45, 2.75) is 30.7 Å². The number of carbonyl (C=O) groups excluding carboxylic acids is 1. The van der Waals surface area contributed by atoms with Gasteiger partial charge in [-0.15, -0.1) is 16.1 Å². The topological polar surface area (TPSA) is 76.9 Å². The molecule has 1 aromatic heterocycles. The maximum atomic E-state index is 11.8. The number of alkyl halides is 1. The molecular formula is C18H19Cl2N3O3. The summed E-state index contributed by atoms with van der Waals surface area (Å²) in [6, 6.07) is 9.97. The van der Waals surface area contributed by atoms with Gasteiger partial charge in [-0.2, -0.15) is 5.01 Å². The highest BCUT2D eigenvalue weighted by molar-refractivity contribution is 6.33. The Kier molecular flexibility index (Phi) is 5.62. The molecule has 0 radical (unpaired) electrons. The minimum atomic E-state index is -1.68. The molecule has 138 valence electrons. The Morgan fingerprint density at radius 2 is 2.08 bits per heavy atom. The molecule has 26 heavy (non-hydrogen) atoms. The second-order valence-corrected chi connectivity index (χ2v) is 7.01. The SMILES string of the molecule is CCN1C(O)C(Cl)(C=O)C(c2cccc(-c3ccccn3)c2CO)N1Cl. The van der Waals surface area contributed by atoms with Crippen LogP contribution in [0.1, 0.15) is 24.1 Å². The first-order chi connectivity index (χ1) is 12.5. The molecule has 0 aliphatic carbocycles. The molecule has 1 aliphatic heterocycles. The molecule has 1 saturated heterocycles. The lowest BCUT2D eigenvalue weighted by Gasteiger charge is -2.28. The molecule has 0 bridgehead atoms. The first kappa shape index (κ1) is 19.2. The first-order valence-corrected chi connectivity index (χ1v) is 8.90. The fraction of sp³-hybridized carbons (Fsp3) is 0.333. The van der Waals surface area contributed by atoms with E-state index in [0.29, 0.717) is 35.2 Å². The lowest BCUT2D eigenvalue weighted by Crippen LogP contribution is -2.43. The summed E-state index contributed by atoms with van der Waals surface area (Å²) >= 11 is 12.9. The Hall–Kier alpha value is -1.54. The van der Waals surface area contributed by atoms with Crippen LogP contribution in [0.3, 0.4) is 0 Å². The monoisotopic (exact) mass is 395 g/mol. The van der Waals surface area contributed by atoms with Gasteiger partial charge in [-0.3, -0.25) is 4.98 Å². The molecule has 0 spiro atoms. The van der Waals surface area contributed by atoms with Gasteiger partial charge in [-0.1, -0.05) is 31.2 Å². The van der Waals surface area contributed by atoms with Crippen molar-refractivity contribution in [2.24, 2.45) is 0 Å². The molecule has 0 amide bonds. The molecule has 6 nitrogen and oxygen atoms in total. The fourth-order valence-corrected chi connectivity index (χ4v) is 4.20. The van der Waals surface area contributed by atoms with Crippen LogP contribution in [0.25, 0.3) is 11.3 Å². The summed E-state index contributed by atoms with van der Waals surface area (Å²) in [6.07, 6.45) is 0.870. The number of carbonyl (C=O) groups is 1. The van der Waals surface area contributed by atoms with Crippen LogP contribution in [0.5, 0.6) is 0 Å². The van der Waals surface area contributed by atoms with Crippen LogP contribution < -0.4 is 0 Å². The van der Waals surface area contributed by atoms with Crippen LogP contribution in [0.2, 0.25) is 0 Å². The molecule has 1 aromatic carbocycles. The second-order valence-electron chi connectivity index (χ2n) is 6.01. The van der Waals surface area contributed by atoms with Gasteiger partial charge in [0.2, 0.25) is 0 Å². The van der Waals surface area contributed by atoms with Crippen LogP contribution in [0.15, 0.2) is 42.6 Å². The van der Waals surface area contributed by atoms with Gasteiger partial charge < -0.3 is 15.0 Å². The van der Waals surface area contributed by atoms with Crippen molar-refractivity contribution < 1.29 is 15.0 Å². The molecule has 3 rings (SSSR count). The Bertz CT molecular complexity index is 793. The van der Waals surface area contributed by atoms with E-state index in [0.717, 1.165) is 0 Å². The molecule has 1 fully saturated rings. The van der Waals surface area contributed by atoms with Crippen molar-refractivity contribution in [3.63, 3.8) is 0 Å². The zero-order valence-corrected chi connectivity index (χ0v) is 15.6. The number of hydrogen-bond donors (Lipinski definition) is 2. The van der Waals surface area contributed by atoms with Crippen molar-refractivity contribution in [1.29, 1.82) is 0 Å². The zero-order chi connectivity index (χ0) is 18.9. The van der Waals surface area contributed by atoms with Gasteiger partial charge in [-0.25, -0.2) is 0 Å². The van der Waals surface area contributed by atoms with E-state index in [1.54, 1.807) is 31.3 Å². The highest BCUT2D eigenvalue weighted by atomic mass is 35.5. The molecule has 2 N–H and O–H groups in total. The number of nitrogens with zero attached hydrogens (tertiary/aromatic N) is 3. The number of benzene rings is 1. The van der Waals surface area contributed by atoms with Gasteiger partial charge in [0.15, 0.2) is 4.87 Å². The fourth-order valence-electron chi connectivity index (χ4n) is 3.37. The molecular weight excluding hydrogens is 377 g/mol. The van der Waals surface area contributed by atoms with Crippen LogP contribution >= 0.6 is 23.4 Å². The van der Waals surface area contributed by atoms with Crippen molar-refractivity contribution in [3.8, 4) is 11.3 Å². The Morgan fingerprint density at radius 3 is 2.65 bits per heavy atom. The number of aliphatic hydroxyl groups is 2. The number of aromatic nitrogens is 1.